The number of amides is 2. The van der Waals surface area contributed by atoms with Gasteiger partial charge in [0.1, 0.15) is 0 Å². The van der Waals surface area contributed by atoms with Gasteiger partial charge in [0.15, 0.2) is 0 Å². The molecule has 1 N–H and O–H groups in total. The molecule has 2 atom stereocenters. The van der Waals surface area contributed by atoms with Gasteiger partial charge < -0.3 is 10.2 Å². The lowest BCUT2D eigenvalue weighted by molar-refractivity contribution is -0.118. The Bertz CT molecular complexity index is 814. The normalized spacial score (nSPS) is 21.2. The van der Waals surface area contributed by atoms with Gasteiger partial charge in [-0.05, 0) is 36.5 Å². The van der Waals surface area contributed by atoms with E-state index in [0.29, 0.717) is 24.9 Å². The maximum Gasteiger partial charge on any atom is 0.253 e. The van der Waals surface area contributed by atoms with Crippen molar-refractivity contribution in [3.63, 3.8) is 0 Å². The van der Waals surface area contributed by atoms with Gasteiger partial charge >= 0.3 is 0 Å². The number of aryl methyl sites for hydroxylation is 1. The van der Waals surface area contributed by atoms with Crippen molar-refractivity contribution in [2.24, 2.45) is 5.92 Å². The lowest BCUT2D eigenvalue weighted by Gasteiger charge is -2.22. The van der Waals surface area contributed by atoms with E-state index in [1.165, 1.54) is 12.5 Å². The molecule has 1 aromatic heterocycles. The molecule has 4 rings (SSSR count). The summed E-state index contributed by atoms with van der Waals surface area (Å²) in [6, 6.07) is 9.51. The number of carbonyl (C=O) groups is 2. The molecule has 136 valence electrons. The molecular formula is C20H24N4O2. The maximum absolute atomic E-state index is 12.8. The third-order valence-electron chi connectivity index (χ3n) is 5.47. The van der Waals surface area contributed by atoms with Crippen LogP contribution in [0, 0.1) is 5.92 Å². The zero-order valence-corrected chi connectivity index (χ0v) is 15.0. The van der Waals surface area contributed by atoms with Crippen molar-refractivity contribution in [2.45, 2.75) is 32.2 Å². The Morgan fingerprint density at radius 1 is 1.23 bits per heavy atom. The molecular weight excluding hydrogens is 328 g/mol. The predicted octanol–water partition coefficient (Wildman–Crippen LogP) is 1.82. The quantitative estimate of drug-likeness (QED) is 0.913. The molecule has 2 amide bonds. The van der Waals surface area contributed by atoms with Gasteiger partial charge in [-0.2, -0.15) is 5.10 Å². The fourth-order valence-corrected chi connectivity index (χ4v) is 4.19. The van der Waals surface area contributed by atoms with Crippen molar-refractivity contribution in [1.29, 1.82) is 0 Å². The number of nitrogens with one attached hydrogen (secondary N) is 1. The van der Waals surface area contributed by atoms with Gasteiger partial charge in [0.2, 0.25) is 5.91 Å². The van der Waals surface area contributed by atoms with Crippen LogP contribution in [0.1, 0.15) is 40.9 Å². The number of nitrogens with zero attached hydrogens (tertiary/aromatic N) is 3. The number of fused-ring (bicyclic) bond motifs is 3. The zero-order valence-electron chi connectivity index (χ0n) is 15.0. The molecule has 0 bridgehead atoms. The second-order valence-corrected chi connectivity index (χ2v) is 7.27. The van der Waals surface area contributed by atoms with Crippen LogP contribution in [-0.4, -0.2) is 46.1 Å². The van der Waals surface area contributed by atoms with E-state index in [1.54, 1.807) is 0 Å². The van der Waals surface area contributed by atoms with E-state index in [2.05, 4.69) is 11.5 Å². The van der Waals surface area contributed by atoms with Crippen LogP contribution < -0.4 is 5.32 Å². The Kier molecular flexibility index (Phi) is 4.49. The third kappa shape index (κ3) is 3.23. The van der Waals surface area contributed by atoms with Crippen molar-refractivity contribution in [3.8, 4) is 0 Å². The average Bonchev–Trinajstić information content (AvgIpc) is 3.24. The van der Waals surface area contributed by atoms with Crippen LogP contribution in [0.15, 0.2) is 36.5 Å². The molecule has 1 aliphatic heterocycles. The van der Waals surface area contributed by atoms with Gasteiger partial charge in [-0.15, -0.1) is 0 Å². The number of hydrogen-bond acceptors (Lipinski definition) is 3. The summed E-state index contributed by atoms with van der Waals surface area (Å²) in [5, 5.41) is 7.59. The van der Waals surface area contributed by atoms with Crippen LogP contribution in [-0.2, 0) is 17.8 Å². The van der Waals surface area contributed by atoms with E-state index >= 15 is 0 Å². The summed E-state index contributed by atoms with van der Waals surface area (Å²) in [6.45, 7) is 4.35. The van der Waals surface area contributed by atoms with Gasteiger partial charge in [-0.3, -0.25) is 14.3 Å². The van der Waals surface area contributed by atoms with Gasteiger partial charge in [0.25, 0.3) is 5.91 Å². The topological polar surface area (TPSA) is 67.2 Å². The first-order chi connectivity index (χ1) is 12.6. The fraction of sp³-hybridized carbons (Fsp3) is 0.450. The lowest BCUT2D eigenvalue weighted by atomic mass is 9.81. The zero-order chi connectivity index (χ0) is 18.1. The standard InChI is InChI=1S/C20H24N4O2/c1-14(25)21-9-10-24-12-17-8-7-16-11-23(13-18(16)19(17)22-24)20(26)15-5-3-2-4-6-15/h2-6,12,16,18H,7-11,13H2,1H3,(H,21,25)/t16-,18+/m1/s1. The van der Waals surface area contributed by atoms with Crippen LogP contribution in [0.2, 0.25) is 0 Å². The summed E-state index contributed by atoms with van der Waals surface area (Å²) in [5.41, 5.74) is 3.20. The number of likely N-dealkylation sites (tertiary alicyclic amines) is 1. The van der Waals surface area contributed by atoms with Crippen LogP contribution in [0.25, 0.3) is 0 Å². The predicted molar refractivity (Wildman–Crippen MR) is 97.8 cm³/mol. The second-order valence-electron chi connectivity index (χ2n) is 7.27. The molecule has 2 aliphatic rings. The summed E-state index contributed by atoms with van der Waals surface area (Å²) in [6.07, 6.45) is 4.23. The Labute approximate surface area is 153 Å². The summed E-state index contributed by atoms with van der Waals surface area (Å²) >= 11 is 0. The van der Waals surface area contributed by atoms with Crippen molar-refractivity contribution >= 4 is 11.8 Å². The number of rotatable bonds is 4. The van der Waals surface area contributed by atoms with Crippen molar-refractivity contribution in [1.82, 2.24) is 20.0 Å². The molecule has 2 heterocycles. The molecule has 1 fully saturated rings. The van der Waals surface area contributed by atoms with E-state index in [9.17, 15) is 9.59 Å². The Morgan fingerprint density at radius 3 is 2.81 bits per heavy atom. The maximum atomic E-state index is 12.8. The molecule has 6 heteroatoms. The molecule has 0 radical (unpaired) electrons. The summed E-state index contributed by atoms with van der Waals surface area (Å²) < 4.78 is 1.94. The van der Waals surface area contributed by atoms with Gasteiger partial charge in [0, 0.05) is 44.2 Å². The fourth-order valence-electron chi connectivity index (χ4n) is 4.19. The molecule has 0 saturated carbocycles. The van der Waals surface area contributed by atoms with E-state index in [-0.39, 0.29) is 11.8 Å². The molecule has 26 heavy (non-hydrogen) atoms. The van der Waals surface area contributed by atoms with E-state index in [4.69, 9.17) is 5.10 Å². The molecule has 1 saturated heterocycles. The average molecular weight is 352 g/mol. The van der Waals surface area contributed by atoms with Crippen molar-refractivity contribution in [2.75, 3.05) is 19.6 Å². The SMILES string of the molecule is CC(=O)NCCn1cc2c(n1)[C@H]1CN(C(=O)c3ccccc3)C[C@H]1CC2. The number of aromatic nitrogens is 2. The minimum absolute atomic E-state index is 0.0205. The Balaban J connectivity index is 1.47. The van der Waals surface area contributed by atoms with Gasteiger partial charge in [-0.25, -0.2) is 0 Å². The Morgan fingerprint density at radius 2 is 2.04 bits per heavy atom. The highest BCUT2D eigenvalue weighted by Crippen LogP contribution is 2.41. The van der Waals surface area contributed by atoms with Crippen molar-refractivity contribution in [3.05, 3.63) is 53.3 Å². The lowest BCUT2D eigenvalue weighted by Crippen LogP contribution is -2.28. The molecule has 0 unspecified atom stereocenters. The monoisotopic (exact) mass is 352 g/mol. The highest BCUT2D eigenvalue weighted by molar-refractivity contribution is 5.94. The van der Waals surface area contributed by atoms with Gasteiger partial charge in [-0.1, -0.05) is 18.2 Å². The second kappa shape index (κ2) is 6.94. The van der Waals surface area contributed by atoms with E-state index < -0.39 is 0 Å². The smallest absolute Gasteiger partial charge is 0.253 e. The summed E-state index contributed by atoms with van der Waals surface area (Å²) in [4.78, 5) is 25.8. The van der Waals surface area contributed by atoms with E-state index in [1.807, 2.05) is 39.9 Å². The largest absolute Gasteiger partial charge is 0.354 e. The molecule has 2 aromatic rings. The summed E-state index contributed by atoms with van der Waals surface area (Å²) in [7, 11) is 0. The number of hydrogen-bond donors (Lipinski definition) is 1. The summed E-state index contributed by atoms with van der Waals surface area (Å²) in [5.74, 6) is 0.918. The molecule has 1 aromatic carbocycles. The first-order valence-electron chi connectivity index (χ1n) is 9.27. The first-order valence-corrected chi connectivity index (χ1v) is 9.27. The minimum atomic E-state index is -0.0205. The molecule has 6 nitrogen and oxygen atoms in total. The number of benzene rings is 1. The highest BCUT2D eigenvalue weighted by Gasteiger charge is 2.41. The highest BCUT2D eigenvalue weighted by atomic mass is 16.2. The van der Waals surface area contributed by atoms with Crippen LogP contribution >= 0.6 is 0 Å². The minimum Gasteiger partial charge on any atom is -0.354 e. The van der Waals surface area contributed by atoms with Crippen LogP contribution in [0.5, 0.6) is 0 Å². The van der Waals surface area contributed by atoms with Crippen LogP contribution in [0.3, 0.4) is 0 Å². The van der Waals surface area contributed by atoms with E-state index in [0.717, 1.165) is 37.2 Å². The molecule has 1 aliphatic carbocycles. The van der Waals surface area contributed by atoms with Crippen LogP contribution in [0.4, 0.5) is 0 Å². The Hall–Kier alpha value is -2.63. The number of carbonyl (C=O) groups excluding carboxylic acids is 2. The van der Waals surface area contributed by atoms with Crippen molar-refractivity contribution < 1.29 is 9.59 Å². The van der Waals surface area contributed by atoms with Gasteiger partial charge in [0.05, 0.1) is 12.2 Å². The molecule has 0 spiro atoms. The first kappa shape index (κ1) is 16.8. The third-order valence-corrected chi connectivity index (χ3v) is 5.47.